The zero-order valence-corrected chi connectivity index (χ0v) is 15.6. The first-order valence-corrected chi connectivity index (χ1v) is 9.10. The van der Waals surface area contributed by atoms with Gasteiger partial charge in [-0.25, -0.2) is 19.7 Å². The fourth-order valence-corrected chi connectivity index (χ4v) is 3.35. The van der Waals surface area contributed by atoms with E-state index in [1.165, 1.54) is 0 Å². The standard InChI is InChI=1S/C19H23N7O/c1-13-14(2)21-11-24-18(13)25-5-7-26(8-6-25)19(27)20-10-15-3-4-16-17(9-15)23-12-22-16/h3-4,9,11-12H,5-8,10H2,1-2H3,(H,20,27)(H,22,23). The summed E-state index contributed by atoms with van der Waals surface area (Å²) in [5, 5.41) is 3.01. The number of benzene rings is 1. The van der Waals surface area contributed by atoms with E-state index in [1.54, 1.807) is 12.7 Å². The molecule has 0 bridgehead atoms. The molecule has 1 saturated heterocycles. The number of rotatable bonds is 3. The minimum atomic E-state index is -0.0325. The van der Waals surface area contributed by atoms with Gasteiger partial charge in [0.05, 0.1) is 17.4 Å². The second-order valence-electron chi connectivity index (χ2n) is 6.79. The minimum absolute atomic E-state index is 0.0325. The zero-order valence-electron chi connectivity index (χ0n) is 15.6. The Morgan fingerprint density at radius 1 is 1.15 bits per heavy atom. The molecule has 0 unspecified atom stereocenters. The maximum Gasteiger partial charge on any atom is 0.317 e. The number of aromatic amines is 1. The second-order valence-corrected chi connectivity index (χ2v) is 6.79. The van der Waals surface area contributed by atoms with Gasteiger partial charge in [0.15, 0.2) is 0 Å². The summed E-state index contributed by atoms with van der Waals surface area (Å²) in [5.74, 6) is 0.968. The average Bonchev–Trinajstić information content (AvgIpc) is 3.16. The summed E-state index contributed by atoms with van der Waals surface area (Å²) in [6.07, 6.45) is 3.28. The Morgan fingerprint density at radius 2 is 1.96 bits per heavy atom. The highest BCUT2D eigenvalue weighted by molar-refractivity contribution is 5.76. The van der Waals surface area contributed by atoms with Gasteiger partial charge < -0.3 is 20.1 Å². The van der Waals surface area contributed by atoms with Crippen LogP contribution in [0.5, 0.6) is 0 Å². The molecule has 2 aromatic heterocycles. The molecule has 4 rings (SSSR count). The number of carbonyl (C=O) groups is 1. The van der Waals surface area contributed by atoms with Crippen LogP contribution in [-0.4, -0.2) is 57.0 Å². The fraction of sp³-hybridized carbons (Fsp3) is 0.368. The van der Waals surface area contributed by atoms with Crippen molar-refractivity contribution in [2.45, 2.75) is 20.4 Å². The number of carbonyl (C=O) groups excluding carboxylic acids is 1. The SMILES string of the molecule is Cc1ncnc(N2CCN(C(=O)NCc3ccc4nc[nH]c4c3)CC2)c1C. The van der Waals surface area contributed by atoms with Gasteiger partial charge in [-0.15, -0.1) is 0 Å². The van der Waals surface area contributed by atoms with Crippen LogP contribution < -0.4 is 10.2 Å². The average molecular weight is 365 g/mol. The number of nitrogens with zero attached hydrogens (tertiary/aromatic N) is 5. The third-order valence-electron chi connectivity index (χ3n) is 5.10. The van der Waals surface area contributed by atoms with Crippen molar-refractivity contribution in [2.75, 3.05) is 31.1 Å². The molecule has 3 aromatic rings. The van der Waals surface area contributed by atoms with E-state index in [-0.39, 0.29) is 6.03 Å². The molecule has 8 heteroatoms. The fourth-order valence-electron chi connectivity index (χ4n) is 3.35. The predicted octanol–water partition coefficient (Wildman–Crippen LogP) is 2.00. The van der Waals surface area contributed by atoms with Crippen LogP contribution in [0.1, 0.15) is 16.8 Å². The van der Waals surface area contributed by atoms with Gasteiger partial charge >= 0.3 is 6.03 Å². The Bertz CT molecular complexity index is 960. The topological polar surface area (TPSA) is 90.0 Å². The van der Waals surface area contributed by atoms with Gasteiger partial charge in [0.25, 0.3) is 0 Å². The van der Waals surface area contributed by atoms with E-state index in [4.69, 9.17) is 0 Å². The molecule has 1 aliphatic heterocycles. The third kappa shape index (κ3) is 3.55. The number of fused-ring (bicyclic) bond motifs is 1. The largest absolute Gasteiger partial charge is 0.353 e. The summed E-state index contributed by atoms with van der Waals surface area (Å²) >= 11 is 0. The van der Waals surface area contributed by atoms with Crippen LogP contribution in [0.25, 0.3) is 11.0 Å². The number of hydrogen-bond donors (Lipinski definition) is 2. The lowest BCUT2D eigenvalue weighted by Gasteiger charge is -2.36. The molecule has 1 aromatic carbocycles. The Hall–Kier alpha value is -3.16. The second kappa shape index (κ2) is 7.22. The van der Waals surface area contributed by atoms with Crippen molar-refractivity contribution in [3.8, 4) is 0 Å². The zero-order chi connectivity index (χ0) is 18.8. The van der Waals surface area contributed by atoms with Crippen LogP contribution in [0.4, 0.5) is 10.6 Å². The van der Waals surface area contributed by atoms with E-state index in [9.17, 15) is 4.79 Å². The Kier molecular flexibility index (Phi) is 4.62. The summed E-state index contributed by atoms with van der Waals surface area (Å²) in [6.45, 7) is 7.42. The number of anilines is 1. The molecular weight excluding hydrogens is 342 g/mol. The number of H-pyrrole nitrogens is 1. The molecule has 8 nitrogen and oxygen atoms in total. The van der Waals surface area contributed by atoms with E-state index in [1.807, 2.05) is 36.9 Å². The molecular formula is C19H23N7O. The number of aryl methyl sites for hydroxylation is 1. The first kappa shape index (κ1) is 17.3. The van der Waals surface area contributed by atoms with Gasteiger partial charge in [-0.2, -0.15) is 0 Å². The lowest BCUT2D eigenvalue weighted by atomic mass is 10.2. The summed E-state index contributed by atoms with van der Waals surface area (Å²) < 4.78 is 0. The lowest BCUT2D eigenvalue weighted by molar-refractivity contribution is 0.194. The number of amides is 2. The first-order chi connectivity index (χ1) is 13.1. The van der Waals surface area contributed by atoms with Crippen molar-refractivity contribution in [1.29, 1.82) is 0 Å². The highest BCUT2D eigenvalue weighted by Crippen LogP contribution is 2.19. The molecule has 1 fully saturated rings. The lowest BCUT2D eigenvalue weighted by Crippen LogP contribution is -2.52. The molecule has 0 radical (unpaired) electrons. The monoisotopic (exact) mass is 365 g/mol. The van der Waals surface area contributed by atoms with Crippen LogP contribution in [-0.2, 0) is 6.54 Å². The van der Waals surface area contributed by atoms with E-state index in [0.29, 0.717) is 19.6 Å². The van der Waals surface area contributed by atoms with Crippen molar-refractivity contribution in [2.24, 2.45) is 0 Å². The molecule has 140 valence electrons. The van der Waals surface area contributed by atoms with Gasteiger partial charge in [-0.3, -0.25) is 0 Å². The molecule has 2 amide bonds. The van der Waals surface area contributed by atoms with E-state index in [0.717, 1.165) is 46.8 Å². The van der Waals surface area contributed by atoms with Crippen LogP contribution in [0.2, 0.25) is 0 Å². The van der Waals surface area contributed by atoms with Crippen molar-refractivity contribution < 1.29 is 4.79 Å². The maximum atomic E-state index is 12.5. The van der Waals surface area contributed by atoms with E-state index < -0.39 is 0 Å². The normalized spacial score (nSPS) is 14.6. The van der Waals surface area contributed by atoms with E-state index >= 15 is 0 Å². The van der Waals surface area contributed by atoms with Gasteiger partial charge in [0.1, 0.15) is 12.1 Å². The highest BCUT2D eigenvalue weighted by atomic mass is 16.2. The molecule has 1 aliphatic rings. The number of urea groups is 1. The smallest absolute Gasteiger partial charge is 0.317 e. The van der Waals surface area contributed by atoms with Crippen molar-refractivity contribution >= 4 is 22.9 Å². The van der Waals surface area contributed by atoms with Crippen LogP contribution in [0.3, 0.4) is 0 Å². The highest BCUT2D eigenvalue weighted by Gasteiger charge is 2.23. The van der Waals surface area contributed by atoms with Gasteiger partial charge in [0.2, 0.25) is 0 Å². The third-order valence-corrected chi connectivity index (χ3v) is 5.10. The summed E-state index contributed by atoms with van der Waals surface area (Å²) in [6, 6.07) is 5.93. The van der Waals surface area contributed by atoms with Gasteiger partial charge in [0, 0.05) is 44.0 Å². The Labute approximate surface area is 157 Å². The summed E-state index contributed by atoms with van der Waals surface area (Å²) in [5.41, 5.74) is 5.05. The van der Waals surface area contributed by atoms with Crippen molar-refractivity contribution in [1.82, 2.24) is 30.2 Å². The Balaban J connectivity index is 1.32. The number of hydrogen-bond acceptors (Lipinski definition) is 5. The predicted molar refractivity (Wildman–Crippen MR) is 104 cm³/mol. The van der Waals surface area contributed by atoms with Gasteiger partial charge in [-0.1, -0.05) is 6.07 Å². The summed E-state index contributed by atoms with van der Waals surface area (Å²) in [7, 11) is 0. The number of nitrogens with one attached hydrogen (secondary N) is 2. The van der Waals surface area contributed by atoms with Crippen LogP contribution in [0, 0.1) is 13.8 Å². The molecule has 0 aliphatic carbocycles. The molecule has 2 N–H and O–H groups in total. The number of imidazole rings is 1. The molecule has 0 atom stereocenters. The van der Waals surface area contributed by atoms with E-state index in [2.05, 4.69) is 30.2 Å². The van der Waals surface area contributed by atoms with Gasteiger partial charge in [-0.05, 0) is 31.5 Å². The van der Waals surface area contributed by atoms with Crippen LogP contribution in [0.15, 0.2) is 30.9 Å². The Morgan fingerprint density at radius 3 is 2.78 bits per heavy atom. The quantitative estimate of drug-likeness (QED) is 0.741. The summed E-state index contributed by atoms with van der Waals surface area (Å²) in [4.78, 5) is 32.5. The number of piperazine rings is 1. The molecule has 0 saturated carbocycles. The van der Waals surface area contributed by atoms with Crippen molar-refractivity contribution in [3.05, 3.63) is 47.7 Å². The van der Waals surface area contributed by atoms with Crippen LogP contribution >= 0.6 is 0 Å². The number of aromatic nitrogens is 4. The maximum absolute atomic E-state index is 12.5. The molecule has 3 heterocycles. The first-order valence-electron chi connectivity index (χ1n) is 9.10. The minimum Gasteiger partial charge on any atom is -0.353 e. The van der Waals surface area contributed by atoms with Crippen molar-refractivity contribution in [3.63, 3.8) is 0 Å². The molecule has 27 heavy (non-hydrogen) atoms. The molecule has 0 spiro atoms.